The van der Waals surface area contributed by atoms with Gasteiger partial charge >= 0.3 is 5.97 Å². The van der Waals surface area contributed by atoms with Crippen molar-refractivity contribution in [2.24, 2.45) is 0 Å². The quantitative estimate of drug-likeness (QED) is 0.156. The maximum atomic E-state index is 14.3. The van der Waals surface area contributed by atoms with E-state index >= 15 is 0 Å². The van der Waals surface area contributed by atoms with Crippen molar-refractivity contribution in [3.05, 3.63) is 119 Å². The summed E-state index contributed by atoms with van der Waals surface area (Å²) in [5.74, 6) is 0.939. The first kappa shape index (κ1) is 31.9. The van der Waals surface area contributed by atoms with Crippen molar-refractivity contribution >= 4 is 40.1 Å². The fraction of sp³-hybridized carbons (Fsp3) is 0.139. The maximum absolute atomic E-state index is 14.3. The normalized spacial score (nSPS) is 10.7. The number of halogens is 1. The number of esters is 1. The van der Waals surface area contributed by atoms with Gasteiger partial charge in [-0.2, -0.15) is 0 Å². The summed E-state index contributed by atoms with van der Waals surface area (Å²) in [4.78, 5) is 32.5. The molecule has 2 aromatic heterocycles. The van der Waals surface area contributed by atoms with E-state index in [1.54, 1.807) is 54.6 Å². The molecule has 0 bridgehead atoms. The van der Waals surface area contributed by atoms with Crippen molar-refractivity contribution in [2.75, 3.05) is 28.4 Å². The second kappa shape index (κ2) is 13.6. The molecule has 0 aliphatic carbocycles. The van der Waals surface area contributed by atoms with Crippen LogP contribution < -0.4 is 24.5 Å². The number of pyridine rings is 2. The van der Waals surface area contributed by atoms with E-state index in [1.165, 1.54) is 33.0 Å². The lowest BCUT2D eigenvalue weighted by Gasteiger charge is -2.21. The molecule has 10 heteroatoms. The fourth-order valence-corrected chi connectivity index (χ4v) is 5.45. The molecule has 6 aromatic rings. The Balaban J connectivity index is 0.00000417. The van der Waals surface area contributed by atoms with Crippen LogP contribution in [-0.2, 0) is 11.3 Å². The zero-order chi connectivity index (χ0) is 31.5. The van der Waals surface area contributed by atoms with Crippen LogP contribution >= 0.6 is 12.4 Å². The molecule has 0 saturated heterocycles. The number of fused-ring (bicyclic) bond motifs is 2. The molecular weight excluding hydrogens is 608 g/mol. The number of benzene rings is 4. The Bertz CT molecular complexity index is 2090. The minimum Gasteiger partial charge on any atom is -0.493 e. The van der Waals surface area contributed by atoms with Crippen LogP contribution in [0.5, 0.6) is 23.0 Å². The Morgan fingerprint density at radius 1 is 0.761 bits per heavy atom. The summed E-state index contributed by atoms with van der Waals surface area (Å²) < 4.78 is 29.5. The second-order valence-electron chi connectivity index (χ2n) is 10.1. The first-order valence-corrected chi connectivity index (χ1v) is 14.1. The minimum absolute atomic E-state index is 0. The molecule has 0 aliphatic rings. The molecule has 0 amide bonds. The Morgan fingerprint density at radius 3 is 2.13 bits per heavy atom. The molecule has 234 valence electrons. The highest BCUT2D eigenvalue weighted by atomic mass is 35.5. The molecule has 0 N–H and O–H groups in total. The van der Waals surface area contributed by atoms with Gasteiger partial charge in [0.1, 0.15) is 18.1 Å². The predicted octanol–water partition coefficient (Wildman–Crippen LogP) is 7.02. The van der Waals surface area contributed by atoms with Crippen LogP contribution in [0.2, 0.25) is 0 Å². The van der Waals surface area contributed by atoms with E-state index in [0.29, 0.717) is 50.6 Å². The van der Waals surface area contributed by atoms with Gasteiger partial charge in [-0.1, -0.05) is 42.5 Å². The Kier molecular flexibility index (Phi) is 9.44. The van der Waals surface area contributed by atoms with Gasteiger partial charge in [0, 0.05) is 16.6 Å². The molecule has 9 nitrogen and oxygen atoms in total. The molecule has 2 heterocycles. The second-order valence-corrected chi connectivity index (χ2v) is 10.1. The van der Waals surface area contributed by atoms with Crippen molar-refractivity contribution in [2.45, 2.75) is 6.61 Å². The summed E-state index contributed by atoms with van der Waals surface area (Å²) in [6.45, 7) is 0.198. The van der Waals surface area contributed by atoms with Gasteiger partial charge in [0.25, 0.3) is 5.56 Å². The van der Waals surface area contributed by atoms with E-state index in [0.717, 1.165) is 16.6 Å². The number of ether oxygens (including phenoxy) is 5. The molecule has 6 rings (SSSR count). The number of hydrogen-bond donors (Lipinski definition) is 0. The van der Waals surface area contributed by atoms with E-state index in [9.17, 15) is 9.59 Å². The third-order valence-electron chi connectivity index (χ3n) is 7.54. The maximum Gasteiger partial charge on any atom is 0.355 e. The average molecular weight is 639 g/mol. The smallest absolute Gasteiger partial charge is 0.355 e. The highest BCUT2D eigenvalue weighted by Crippen LogP contribution is 2.44. The average Bonchev–Trinajstić information content (AvgIpc) is 3.09. The summed E-state index contributed by atoms with van der Waals surface area (Å²) in [5, 5.41) is 1.88. The monoisotopic (exact) mass is 638 g/mol. The van der Waals surface area contributed by atoms with E-state index in [1.807, 2.05) is 42.5 Å². The van der Waals surface area contributed by atoms with Gasteiger partial charge in [0.15, 0.2) is 11.5 Å². The number of aromatic nitrogens is 2. The zero-order valence-electron chi connectivity index (χ0n) is 25.6. The van der Waals surface area contributed by atoms with Gasteiger partial charge in [-0.15, -0.1) is 12.4 Å². The van der Waals surface area contributed by atoms with Crippen molar-refractivity contribution in [3.63, 3.8) is 0 Å². The van der Waals surface area contributed by atoms with E-state index in [2.05, 4.69) is 4.98 Å². The van der Waals surface area contributed by atoms with Crippen LogP contribution in [0, 0.1) is 0 Å². The van der Waals surface area contributed by atoms with Crippen LogP contribution in [0.4, 0.5) is 0 Å². The van der Waals surface area contributed by atoms with Crippen molar-refractivity contribution in [1.29, 1.82) is 0 Å². The van der Waals surface area contributed by atoms with Gasteiger partial charge in [-0.05, 0) is 65.5 Å². The molecule has 4 aromatic carbocycles. The van der Waals surface area contributed by atoms with Gasteiger partial charge in [0.2, 0.25) is 5.75 Å². The van der Waals surface area contributed by atoms with Gasteiger partial charge in [0.05, 0.1) is 45.0 Å². The third kappa shape index (κ3) is 5.80. The van der Waals surface area contributed by atoms with Crippen molar-refractivity contribution < 1.29 is 28.5 Å². The Morgan fingerprint density at radius 2 is 1.46 bits per heavy atom. The first-order valence-electron chi connectivity index (χ1n) is 14.1. The molecule has 0 saturated carbocycles. The zero-order valence-corrected chi connectivity index (χ0v) is 26.4. The molecule has 0 radical (unpaired) electrons. The Hall–Kier alpha value is -5.54. The molecule has 0 aliphatic heterocycles. The van der Waals surface area contributed by atoms with Crippen LogP contribution in [0.1, 0.15) is 16.2 Å². The summed E-state index contributed by atoms with van der Waals surface area (Å²) in [5.41, 5.74) is 2.73. The number of carbonyl (C=O) groups is 1. The van der Waals surface area contributed by atoms with Gasteiger partial charge in [-0.25, -0.2) is 9.78 Å². The van der Waals surface area contributed by atoms with Crippen molar-refractivity contribution in [3.8, 4) is 39.8 Å². The topological polar surface area (TPSA) is 98.1 Å². The lowest BCUT2D eigenvalue weighted by molar-refractivity contribution is 0.0591. The highest BCUT2D eigenvalue weighted by Gasteiger charge is 2.27. The number of carbonyl (C=O) groups excluding carboxylic acids is 1. The minimum atomic E-state index is -0.690. The van der Waals surface area contributed by atoms with Crippen LogP contribution in [0.3, 0.4) is 0 Å². The van der Waals surface area contributed by atoms with Crippen molar-refractivity contribution in [1.82, 2.24) is 9.55 Å². The summed E-state index contributed by atoms with van der Waals surface area (Å²) >= 11 is 0. The number of para-hydroxylation sites is 2. The van der Waals surface area contributed by atoms with E-state index in [-0.39, 0.29) is 24.7 Å². The molecule has 46 heavy (non-hydrogen) atoms. The standard InChI is InChI=1S/C36H30N2O7.ClH/c1-41-30-18-23(19-31(42-2)34(30)43-3)32-27-17-16-26(45-21-24-15-14-22-10-8-9-13-29(22)37-24)20-28(27)35(39)38(33(32)36(40)44-4)25-11-6-5-7-12-25;/h5-20H,21H2,1-4H3;1H. The highest BCUT2D eigenvalue weighted by molar-refractivity contribution is 6.08. The summed E-state index contributed by atoms with van der Waals surface area (Å²) in [6.07, 6.45) is 0. The van der Waals surface area contributed by atoms with Crippen LogP contribution in [-0.4, -0.2) is 44.0 Å². The lowest BCUT2D eigenvalue weighted by atomic mass is 9.95. The molecule has 0 atom stereocenters. The first-order chi connectivity index (χ1) is 22.0. The number of nitrogens with zero attached hydrogens (tertiary/aromatic N) is 2. The lowest BCUT2D eigenvalue weighted by Crippen LogP contribution is -2.27. The predicted molar refractivity (Wildman–Crippen MR) is 179 cm³/mol. The molecule has 0 unspecified atom stereocenters. The third-order valence-corrected chi connectivity index (χ3v) is 7.54. The summed E-state index contributed by atoms with van der Waals surface area (Å²) in [6, 6.07) is 29.4. The van der Waals surface area contributed by atoms with Gasteiger partial charge in [-0.3, -0.25) is 9.36 Å². The largest absolute Gasteiger partial charge is 0.493 e. The van der Waals surface area contributed by atoms with E-state index < -0.39 is 11.5 Å². The SMILES string of the molecule is COC(=O)c1c(-c2cc(OC)c(OC)c(OC)c2)c2ccc(OCc3ccc4ccccc4n3)cc2c(=O)n1-c1ccccc1.Cl. The Labute approximate surface area is 271 Å². The number of methoxy groups -OCH3 is 4. The number of hydrogen-bond acceptors (Lipinski definition) is 8. The van der Waals surface area contributed by atoms with Crippen LogP contribution in [0.15, 0.2) is 102 Å². The van der Waals surface area contributed by atoms with Crippen LogP contribution in [0.25, 0.3) is 38.5 Å². The molecular formula is C36H31ClN2O7. The van der Waals surface area contributed by atoms with E-state index in [4.69, 9.17) is 23.7 Å². The molecule has 0 fully saturated rings. The molecule has 0 spiro atoms. The summed E-state index contributed by atoms with van der Waals surface area (Å²) in [7, 11) is 5.82. The number of rotatable bonds is 9. The fourth-order valence-electron chi connectivity index (χ4n) is 5.45. The van der Waals surface area contributed by atoms with Gasteiger partial charge < -0.3 is 23.7 Å².